The average Bonchev–Trinajstić information content (AvgIpc) is 2.87. The SMILES string of the molecule is Cc1ccc(C(=O)NCCSCc2ccc(Br)s2)cc1F. The van der Waals surface area contributed by atoms with E-state index in [0.29, 0.717) is 17.7 Å². The second-order valence-corrected chi connectivity index (χ2v) is 8.13. The molecule has 21 heavy (non-hydrogen) atoms. The normalized spacial score (nSPS) is 10.6. The van der Waals surface area contributed by atoms with Crippen LogP contribution in [0.3, 0.4) is 0 Å². The molecule has 0 atom stereocenters. The molecule has 1 aromatic heterocycles. The molecule has 0 bridgehead atoms. The van der Waals surface area contributed by atoms with Crippen LogP contribution < -0.4 is 5.32 Å². The number of rotatable bonds is 6. The van der Waals surface area contributed by atoms with Crippen molar-refractivity contribution < 1.29 is 9.18 Å². The fraction of sp³-hybridized carbons (Fsp3) is 0.267. The number of nitrogens with one attached hydrogen (secondary N) is 1. The highest BCUT2D eigenvalue weighted by Gasteiger charge is 2.07. The predicted octanol–water partition coefficient (Wildman–Crippen LogP) is 4.62. The lowest BCUT2D eigenvalue weighted by Gasteiger charge is -2.06. The number of thioether (sulfide) groups is 1. The van der Waals surface area contributed by atoms with Crippen LogP contribution in [0.1, 0.15) is 20.8 Å². The molecule has 1 aromatic carbocycles. The maximum absolute atomic E-state index is 13.4. The fourth-order valence-electron chi connectivity index (χ4n) is 1.67. The zero-order valence-corrected chi connectivity index (χ0v) is 14.7. The Hall–Kier alpha value is -0.850. The molecule has 2 aromatic rings. The van der Waals surface area contributed by atoms with E-state index in [4.69, 9.17) is 0 Å². The smallest absolute Gasteiger partial charge is 0.251 e. The topological polar surface area (TPSA) is 29.1 Å². The number of benzene rings is 1. The molecular weight excluding hydrogens is 373 g/mol. The molecule has 0 saturated carbocycles. The number of thiophene rings is 1. The minimum absolute atomic E-state index is 0.228. The maximum Gasteiger partial charge on any atom is 0.251 e. The molecule has 0 radical (unpaired) electrons. The molecule has 1 amide bonds. The van der Waals surface area contributed by atoms with Crippen LogP contribution in [-0.4, -0.2) is 18.2 Å². The van der Waals surface area contributed by atoms with Crippen molar-refractivity contribution in [3.8, 4) is 0 Å². The zero-order chi connectivity index (χ0) is 15.2. The van der Waals surface area contributed by atoms with E-state index in [2.05, 4.69) is 27.3 Å². The summed E-state index contributed by atoms with van der Waals surface area (Å²) in [6.07, 6.45) is 0. The number of aryl methyl sites for hydroxylation is 1. The second-order valence-electron chi connectivity index (χ2n) is 4.48. The van der Waals surface area contributed by atoms with Gasteiger partial charge in [0.05, 0.1) is 3.79 Å². The Kier molecular flexibility index (Phi) is 6.26. The first-order chi connectivity index (χ1) is 10.1. The first kappa shape index (κ1) is 16.5. The van der Waals surface area contributed by atoms with Crippen molar-refractivity contribution in [3.05, 3.63) is 55.9 Å². The van der Waals surface area contributed by atoms with E-state index < -0.39 is 0 Å². The molecule has 1 N–H and O–H groups in total. The van der Waals surface area contributed by atoms with Gasteiger partial charge in [-0.05, 0) is 52.7 Å². The third-order valence-electron chi connectivity index (χ3n) is 2.84. The Bertz CT molecular complexity index is 630. The van der Waals surface area contributed by atoms with Gasteiger partial charge in [-0.2, -0.15) is 11.8 Å². The monoisotopic (exact) mass is 387 g/mol. The molecule has 1 heterocycles. The Balaban J connectivity index is 1.70. The number of hydrogen-bond donors (Lipinski definition) is 1. The highest BCUT2D eigenvalue weighted by Crippen LogP contribution is 2.25. The summed E-state index contributed by atoms with van der Waals surface area (Å²) in [5.74, 6) is 1.19. The Morgan fingerprint density at radius 2 is 2.19 bits per heavy atom. The van der Waals surface area contributed by atoms with Gasteiger partial charge in [0, 0.05) is 28.5 Å². The molecule has 0 aliphatic carbocycles. The summed E-state index contributed by atoms with van der Waals surface area (Å²) in [7, 11) is 0. The van der Waals surface area contributed by atoms with Gasteiger partial charge in [0.2, 0.25) is 0 Å². The highest BCUT2D eigenvalue weighted by molar-refractivity contribution is 9.11. The average molecular weight is 388 g/mol. The van der Waals surface area contributed by atoms with Crippen molar-refractivity contribution in [2.24, 2.45) is 0 Å². The third-order valence-corrected chi connectivity index (χ3v) is 5.65. The van der Waals surface area contributed by atoms with E-state index in [9.17, 15) is 9.18 Å². The van der Waals surface area contributed by atoms with Gasteiger partial charge in [-0.25, -0.2) is 4.39 Å². The number of amides is 1. The molecule has 0 spiro atoms. The molecule has 2 nitrogen and oxygen atoms in total. The first-order valence-electron chi connectivity index (χ1n) is 6.42. The van der Waals surface area contributed by atoms with E-state index in [1.807, 2.05) is 6.07 Å². The molecule has 112 valence electrons. The van der Waals surface area contributed by atoms with E-state index in [1.165, 1.54) is 10.9 Å². The summed E-state index contributed by atoms with van der Waals surface area (Å²) < 4.78 is 14.5. The van der Waals surface area contributed by atoms with E-state index in [-0.39, 0.29) is 11.7 Å². The standard InChI is InChI=1S/C15H15BrFNOS2/c1-10-2-3-11(8-13(10)17)15(19)18-6-7-20-9-12-4-5-14(16)21-12/h2-5,8H,6-7,9H2,1H3,(H,18,19). The highest BCUT2D eigenvalue weighted by atomic mass is 79.9. The fourth-order valence-corrected chi connectivity index (χ4v) is 4.13. The van der Waals surface area contributed by atoms with Crippen molar-refractivity contribution in [1.82, 2.24) is 5.32 Å². The minimum Gasteiger partial charge on any atom is -0.351 e. The van der Waals surface area contributed by atoms with Crippen LogP contribution in [0.4, 0.5) is 4.39 Å². The molecule has 6 heteroatoms. The molecule has 0 fully saturated rings. The predicted molar refractivity (Wildman–Crippen MR) is 91.7 cm³/mol. The van der Waals surface area contributed by atoms with Gasteiger partial charge in [-0.3, -0.25) is 4.79 Å². The maximum atomic E-state index is 13.4. The lowest BCUT2D eigenvalue weighted by atomic mass is 10.1. The largest absolute Gasteiger partial charge is 0.351 e. The van der Waals surface area contributed by atoms with Crippen molar-refractivity contribution in [1.29, 1.82) is 0 Å². The molecule has 2 rings (SSSR count). The van der Waals surface area contributed by atoms with Crippen LogP contribution in [0.2, 0.25) is 0 Å². The molecule has 0 saturated heterocycles. The van der Waals surface area contributed by atoms with Crippen molar-refractivity contribution in [3.63, 3.8) is 0 Å². The summed E-state index contributed by atoms with van der Waals surface area (Å²) in [6.45, 7) is 2.25. The van der Waals surface area contributed by atoms with Crippen LogP contribution >= 0.6 is 39.0 Å². The molecule has 0 aliphatic heterocycles. The van der Waals surface area contributed by atoms with Crippen LogP contribution in [0, 0.1) is 12.7 Å². The Morgan fingerprint density at radius 3 is 2.86 bits per heavy atom. The van der Waals surface area contributed by atoms with Gasteiger partial charge in [0.25, 0.3) is 5.91 Å². The first-order valence-corrected chi connectivity index (χ1v) is 9.19. The summed E-state index contributed by atoms with van der Waals surface area (Å²) in [5, 5.41) is 2.80. The van der Waals surface area contributed by atoms with Gasteiger partial charge in [-0.1, -0.05) is 6.07 Å². The molecular formula is C15H15BrFNOS2. The Labute approximate surface area is 140 Å². The number of hydrogen-bond acceptors (Lipinski definition) is 3. The lowest BCUT2D eigenvalue weighted by Crippen LogP contribution is -2.25. The summed E-state index contributed by atoms with van der Waals surface area (Å²) in [6, 6.07) is 8.67. The van der Waals surface area contributed by atoms with E-state index in [0.717, 1.165) is 15.3 Å². The third kappa shape index (κ3) is 5.13. The summed E-state index contributed by atoms with van der Waals surface area (Å²) >= 11 is 6.91. The van der Waals surface area contributed by atoms with Crippen LogP contribution in [-0.2, 0) is 5.75 Å². The van der Waals surface area contributed by atoms with Crippen molar-refractivity contribution in [2.45, 2.75) is 12.7 Å². The van der Waals surface area contributed by atoms with Crippen LogP contribution in [0.25, 0.3) is 0 Å². The van der Waals surface area contributed by atoms with Crippen LogP contribution in [0.5, 0.6) is 0 Å². The minimum atomic E-state index is -0.347. The van der Waals surface area contributed by atoms with Gasteiger partial charge < -0.3 is 5.32 Å². The summed E-state index contributed by atoms with van der Waals surface area (Å²) in [5.41, 5.74) is 0.912. The van der Waals surface area contributed by atoms with E-state index >= 15 is 0 Å². The lowest BCUT2D eigenvalue weighted by molar-refractivity contribution is 0.0955. The zero-order valence-electron chi connectivity index (χ0n) is 11.5. The van der Waals surface area contributed by atoms with Gasteiger partial charge in [0.1, 0.15) is 5.82 Å². The molecule has 0 unspecified atom stereocenters. The van der Waals surface area contributed by atoms with Crippen LogP contribution in [0.15, 0.2) is 34.1 Å². The van der Waals surface area contributed by atoms with Gasteiger partial charge >= 0.3 is 0 Å². The van der Waals surface area contributed by atoms with E-state index in [1.54, 1.807) is 42.2 Å². The number of carbonyl (C=O) groups is 1. The summed E-state index contributed by atoms with van der Waals surface area (Å²) in [4.78, 5) is 13.2. The van der Waals surface area contributed by atoms with Gasteiger partial charge in [0.15, 0.2) is 0 Å². The van der Waals surface area contributed by atoms with Gasteiger partial charge in [-0.15, -0.1) is 11.3 Å². The number of halogens is 2. The van der Waals surface area contributed by atoms with Crippen molar-refractivity contribution >= 4 is 44.9 Å². The van der Waals surface area contributed by atoms with Crippen molar-refractivity contribution in [2.75, 3.05) is 12.3 Å². The Morgan fingerprint density at radius 1 is 1.38 bits per heavy atom. The number of carbonyl (C=O) groups excluding carboxylic acids is 1. The second kappa shape index (κ2) is 7.96. The molecule has 0 aliphatic rings. The quantitative estimate of drug-likeness (QED) is 0.732.